The smallest absolute Gasteiger partial charge is 0.212 e. The molecule has 2 aromatic heterocycles. The summed E-state index contributed by atoms with van der Waals surface area (Å²) in [5.74, 6) is 0.273. The number of aromatic amines is 1. The maximum absolute atomic E-state index is 12.7. The van der Waals surface area contributed by atoms with Crippen LogP contribution in [0.1, 0.15) is 32.0 Å². The Morgan fingerprint density at radius 2 is 1.95 bits per heavy atom. The van der Waals surface area contributed by atoms with Crippen LogP contribution in [-0.4, -0.2) is 28.6 Å². The van der Waals surface area contributed by atoms with E-state index in [0.29, 0.717) is 33.5 Å². The number of methoxy groups -OCH3 is 1. The first kappa shape index (κ1) is 11.8. The zero-order valence-corrected chi connectivity index (χ0v) is 11.1. The van der Waals surface area contributed by atoms with Gasteiger partial charge in [0.1, 0.15) is 5.75 Å². The van der Waals surface area contributed by atoms with E-state index in [2.05, 4.69) is 9.97 Å². The van der Waals surface area contributed by atoms with E-state index in [4.69, 9.17) is 4.74 Å². The fourth-order valence-corrected chi connectivity index (χ4v) is 2.75. The van der Waals surface area contributed by atoms with Crippen LogP contribution in [0.5, 0.6) is 5.75 Å². The lowest BCUT2D eigenvalue weighted by molar-refractivity contribution is 0.0977. The number of aromatic nitrogens is 2. The summed E-state index contributed by atoms with van der Waals surface area (Å²) in [7, 11) is 1.56. The summed E-state index contributed by atoms with van der Waals surface area (Å²) in [6, 6.07) is 6.93. The molecule has 1 N–H and O–H groups in total. The Hall–Kier alpha value is -2.95. The van der Waals surface area contributed by atoms with Crippen LogP contribution in [0, 0.1) is 0 Å². The predicted molar refractivity (Wildman–Crippen MR) is 76.0 cm³/mol. The highest BCUT2D eigenvalue weighted by Crippen LogP contribution is 2.33. The second-order valence-electron chi connectivity index (χ2n) is 4.87. The third-order valence-corrected chi connectivity index (χ3v) is 3.77. The van der Waals surface area contributed by atoms with Gasteiger partial charge >= 0.3 is 0 Å². The van der Waals surface area contributed by atoms with E-state index in [1.54, 1.807) is 31.4 Å². The first-order chi connectivity index (χ1) is 10.2. The molecular weight excluding hydrogens is 268 g/mol. The van der Waals surface area contributed by atoms with Crippen molar-refractivity contribution in [3.8, 4) is 5.75 Å². The average molecular weight is 278 g/mol. The fraction of sp³-hybridized carbons (Fsp3) is 0.0625. The van der Waals surface area contributed by atoms with E-state index < -0.39 is 0 Å². The van der Waals surface area contributed by atoms with Crippen molar-refractivity contribution >= 4 is 22.5 Å². The van der Waals surface area contributed by atoms with Crippen LogP contribution in [0.15, 0.2) is 36.7 Å². The maximum Gasteiger partial charge on any atom is 0.212 e. The van der Waals surface area contributed by atoms with E-state index in [0.717, 1.165) is 5.52 Å². The molecule has 0 fully saturated rings. The Kier molecular flexibility index (Phi) is 2.27. The second-order valence-corrected chi connectivity index (χ2v) is 4.87. The Bertz CT molecular complexity index is 924. The molecule has 0 amide bonds. The number of hydrogen-bond acceptors (Lipinski definition) is 4. The first-order valence-corrected chi connectivity index (χ1v) is 6.44. The number of rotatable bonds is 1. The summed E-state index contributed by atoms with van der Waals surface area (Å²) < 4.78 is 5.19. The molecule has 0 spiro atoms. The number of H-pyrrole nitrogens is 1. The van der Waals surface area contributed by atoms with Gasteiger partial charge in [-0.1, -0.05) is 0 Å². The van der Waals surface area contributed by atoms with E-state index >= 15 is 0 Å². The molecule has 0 saturated carbocycles. The van der Waals surface area contributed by atoms with Gasteiger partial charge in [-0.15, -0.1) is 0 Å². The molecule has 1 aliphatic carbocycles. The highest BCUT2D eigenvalue weighted by Gasteiger charge is 2.33. The van der Waals surface area contributed by atoms with Crippen molar-refractivity contribution in [1.82, 2.24) is 9.97 Å². The summed E-state index contributed by atoms with van der Waals surface area (Å²) >= 11 is 0. The lowest BCUT2D eigenvalue weighted by Gasteiger charge is -2.13. The minimum Gasteiger partial charge on any atom is -0.497 e. The van der Waals surface area contributed by atoms with E-state index in [1.165, 1.54) is 12.4 Å². The van der Waals surface area contributed by atoms with Crippen molar-refractivity contribution in [3.63, 3.8) is 0 Å². The number of pyridine rings is 1. The molecular formula is C16H10N2O3. The van der Waals surface area contributed by atoms with Crippen LogP contribution in [0.25, 0.3) is 10.9 Å². The average Bonchev–Trinajstić information content (AvgIpc) is 2.91. The summed E-state index contributed by atoms with van der Waals surface area (Å²) in [5.41, 5.74) is 2.21. The lowest BCUT2D eigenvalue weighted by atomic mass is 9.88. The zero-order valence-electron chi connectivity index (χ0n) is 11.1. The topological polar surface area (TPSA) is 72.1 Å². The summed E-state index contributed by atoms with van der Waals surface area (Å²) in [6.07, 6.45) is 2.95. The summed E-state index contributed by atoms with van der Waals surface area (Å²) in [5, 5.41) is 0.699. The van der Waals surface area contributed by atoms with E-state index in [-0.39, 0.29) is 11.6 Å². The number of ether oxygens (including phenoxy) is 1. The number of ketones is 2. The highest BCUT2D eigenvalue weighted by atomic mass is 16.5. The normalized spacial score (nSPS) is 13.2. The Balaban J connectivity index is 2.07. The number of fused-ring (bicyclic) bond motifs is 4. The van der Waals surface area contributed by atoms with Crippen LogP contribution in [0.2, 0.25) is 0 Å². The quantitative estimate of drug-likeness (QED) is 0.580. The molecule has 0 saturated heterocycles. The zero-order chi connectivity index (χ0) is 14.6. The number of hydrogen-bond donors (Lipinski definition) is 1. The summed E-state index contributed by atoms with van der Waals surface area (Å²) in [6.45, 7) is 0. The molecule has 5 nitrogen and oxygen atoms in total. The molecule has 21 heavy (non-hydrogen) atoms. The molecule has 102 valence electrons. The van der Waals surface area contributed by atoms with Gasteiger partial charge in [-0.3, -0.25) is 14.6 Å². The van der Waals surface area contributed by atoms with Crippen LogP contribution in [0.3, 0.4) is 0 Å². The molecule has 0 atom stereocenters. The van der Waals surface area contributed by atoms with Crippen molar-refractivity contribution < 1.29 is 14.3 Å². The Morgan fingerprint density at radius 3 is 2.76 bits per heavy atom. The van der Waals surface area contributed by atoms with Gasteiger partial charge in [0.25, 0.3) is 0 Å². The van der Waals surface area contributed by atoms with Crippen molar-refractivity contribution in [1.29, 1.82) is 0 Å². The van der Waals surface area contributed by atoms with Gasteiger partial charge in [0.15, 0.2) is 5.78 Å². The molecule has 0 unspecified atom stereocenters. The van der Waals surface area contributed by atoms with Gasteiger partial charge in [-0.2, -0.15) is 0 Å². The molecule has 0 aliphatic heterocycles. The van der Waals surface area contributed by atoms with Gasteiger partial charge in [-0.05, 0) is 24.3 Å². The van der Waals surface area contributed by atoms with Crippen LogP contribution < -0.4 is 4.74 Å². The second kappa shape index (κ2) is 4.02. The van der Waals surface area contributed by atoms with Crippen LogP contribution in [-0.2, 0) is 0 Å². The van der Waals surface area contributed by atoms with Gasteiger partial charge in [-0.25, -0.2) is 0 Å². The van der Waals surface area contributed by atoms with Crippen molar-refractivity contribution in [2.24, 2.45) is 0 Å². The Labute approximate surface area is 119 Å². The molecule has 2 heterocycles. The van der Waals surface area contributed by atoms with Crippen LogP contribution in [0.4, 0.5) is 0 Å². The third-order valence-electron chi connectivity index (χ3n) is 3.77. The van der Waals surface area contributed by atoms with E-state index in [1.807, 2.05) is 0 Å². The van der Waals surface area contributed by atoms with Gasteiger partial charge < -0.3 is 9.72 Å². The maximum atomic E-state index is 12.7. The minimum atomic E-state index is -0.206. The van der Waals surface area contributed by atoms with Crippen molar-refractivity contribution in [2.75, 3.05) is 7.11 Å². The standard InChI is InChI=1S/C16H10N2O3/c1-21-8-2-3-12-10(6-8)13-14(18-12)16(20)11-7-17-5-4-9(11)15(13)19/h2-7,18H,1H3. The van der Waals surface area contributed by atoms with E-state index in [9.17, 15) is 9.59 Å². The molecule has 0 radical (unpaired) electrons. The van der Waals surface area contributed by atoms with Gasteiger partial charge in [0.2, 0.25) is 5.78 Å². The minimum absolute atomic E-state index is 0.165. The largest absolute Gasteiger partial charge is 0.497 e. The number of benzene rings is 1. The molecule has 3 aromatic rings. The number of nitrogens with zero attached hydrogens (tertiary/aromatic N) is 1. The SMILES string of the molecule is COc1ccc2[nH]c3c(c2c1)C(=O)c1ccncc1C3=O. The fourth-order valence-electron chi connectivity index (χ4n) is 2.75. The molecule has 4 rings (SSSR count). The highest BCUT2D eigenvalue weighted by molar-refractivity contribution is 6.31. The Morgan fingerprint density at radius 1 is 1.10 bits per heavy atom. The third kappa shape index (κ3) is 1.48. The molecule has 5 heteroatoms. The first-order valence-electron chi connectivity index (χ1n) is 6.44. The van der Waals surface area contributed by atoms with Gasteiger partial charge in [0.05, 0.1) is 23.9 Å². The van der Waals surface area contributed by atoms with Crippen molar-refractivity contribution in [3.05, 3.63) is 59.0 Å². The molecule has 1 aromatic carbocycles. The molecule has 0 bridgehead atoms. The van der Waals surface area contributed by atoms with Gasteiger partial charge in [0, 0.05) is 28.9 Å². The van der Waals surface area contributed by atoms with Crippen LogP contribution >= 0.6 is 0 Å². The number of carbonyl (C=O) groups is 2. The number of carbonyl (C=O) groups excluding carboxylic acids is 2. The monoisotopic (exact) mass is 278 g/mol. The van der Waals surface area contributed by atoms with Crippen molar-refractivity contribution in [2.45, 2.75) is 0 Å². The molecule has 1 aliphatic rings. The lowest BCUT2D eigenvalue weighted by Crippen LogP contribution is -2.20. The number of nitrogens with one attached hydrogen (secondary N) is 1. The summed E-state index contributed by atoms with van der Waals surface area (Å²) in [4.78, 5) is 32.2. The predicted octanol–water partition coefficient (Wildman–Crippen LogP) is 2.35.